The highest BCUT2D eigenvalue weighted by molar-refractivity contribution is 7.14. The van der Waals surface area contributed by atoms with Crippen molar-refractivity contribution in [2.75, 3.05) is 12.3 Å². The molecule has 0 fully saturated rings. The van der Waals surface area contributed by atoms with Crippen molar-refractivity contribution in [2.45, 2.75) is 6.42 Å². The molecule has 102 valence electrons. The molecule has 0 radical (unpaired) electrons. The zero-order valence-corrected chi connectivity index (χ0v) is 11.5. The molecule has 0 aliphatic heterocycles. The van der Waals surface area contributed by atoms with Crippen LogP contribution in [0.4, 0.5) is 5.00 Å². The first-order chi connectivity index (χ1) is 9.83. The molecule has 0 unspecified atom stereocenters. The van der Waals surface area contributed by atoms with Crippen molar-refractivity contribution in [3.63, 3.8) is 0 Å². The Bertz CT molecular complexity index is 679. The molecule has 5 nitrogen and oxygen atoms in total. The van der Waals surface area contributed by atoms with Crippen molar-refractivity contribution < 1.29 is 9.26 Å². The Labute approximate surface area is 120 Å². The van der Waals surface area contributed by atoms with Crippen LogP contribution in [0.2, 0.25) is 0 Å². The van der Waals surface area contributed by atoms with E-state index in [1.165, 1.54) is 11.3 Å². The van der Waals surface area contributed by atoms with Crippen LogP contribution < -0.4 is 10.5 Å². The van der Waals surface area contributed by atoms with Gasteiger partial charge in [-0.05, 0) is 23.6 Å². The number of nitrogens with zero attached hydrogens (tertiary/aromatic N) is 2. The number of hydrogen-bond donors (Lipinski definition) is 1. The van der Waals surface area contributed by atoms with Crippen LogP contribution in [0, 0.1) is 0 Å². The molecule has 2 heterocycles. The van der Waals surface area contributed by atoms with Crippen molar-refractivity contribution in [2.24, 2.45) is 0 Å². The van der Waals surface area contributed by atoms with Gasteiger partial charge < -0.3 is 15.0 Å². The predicted octanol–water partition coefficient (Wildman–Crippen LogP) is 3.00. The average Bonchev–Trinajstić information content (AvgIpc) is 3.09. The number of hydrogen-bond acceptors (Lipinski definition) is 6. The molecule has 2 aromatic heterocycles. The molecule has 2 N–H and O–H groups in total. The number of thiophene rings is 1. The normalized spacial score (nSPS) is 10.6. The molecule has 0 aliphatic carbocycles. The highest BCUT2D eigenvalue weighted by atomic mass is 32.1. The second-order valence-electron chi connectivity index (χ2n) is 4.13. The Balaban J connectivity index is 1.59. The maximum atomic E-state index is 5.82. The molecule has 0 amide bonds. The maximum absolute atomic E-state index is 5.82. The van der Waals surface area contributed by atoms with Crippen molar-refractivity contribution in [3.05, 3.63) is 47.6 Å². The number of nitrogen functional groups attached to an aromatic ring is 1. The van der Waals surface area contributed by atoms with Crippen LogP contribution in [0.25, 0.3) is 11.5 Å². The molecular formula is C14H13N3O2S. The van der Waals surface area contributed by atoms with Gasteiger partial charge in [0.15, 0.2) is 5.82 Å². The zero-order valence-electron chi connectivity index (χ0n) is 10.7. The Morgan fingerprint density at radius 3 is 2.80 bits per heavy atom. The van der Waals surface area contributed by atoms with Gasteiger partial charge in [0.05, 0.1) is 17.2 Å². The third-order valence-electron chi connectivity index (χ3n) is 2.73. The molecule has 0 aliphatic rings. The largest absolute Gasteiger partial charge is 0.493 e. The van der Waals surface area contributed by atoms with Gasteiger partial charge in [0.2, 0.25) is 0 Å². The fourth-order valence-corrected chi connectivity index (χ4v) is 2.37. The van der Waals surface area contributed by atoms with Gasteiger partial charge in [-0.15, -0.1) is 11.3 Å². The molecule has 20 heavy (non-hydrogen) atoms. The van der Waals surface area contributed by atoms with E-state index in [9.17, 15) is 0 Å². The number of para-hydroxylation sites is 1. The smallest absolute Gasteiger partial charge is 0.260 e. The summed E-state index contributed by atoms with van der Waals surface area (Å²) in [5.41, 5.74) is 6.61. The summed E-state index contributed by atoms with van der Waals surface area (Å²) >= 11 is 1.45. The average molecular weight is 287 g/mol. The van der Waals surface area contributed by atoms with E-state index in [1.54, 1.807) is 0 Å². The van der Waals surface area contributed by atoms with E-state index in [0.29, 0.717) is 29.7 Å². The first-order valence-electron chi connectivity index (χ1n) is 6.17. The van der Waals surface area contributed by atoms with Crippen LogP contribution in [0.1, 0.15) is 5.82 Å². The number of benzene rings is 1. The molecular weight excluding hydrogens is 274 g/mol. The van der Waals surface area contributed by atoms with Crippen LogP contribution in [-0.4, -0.2) is 16.7 Å². The monoisotopic (exact) mass is 287 g/mol. The van der Waals surface area contributed by atoms with Gasteiger partial charge in [0.1, 0.15) is 5.75 Å². The highest BCUT2D eigenvalue weighted by Crippen LogP contribution is 2.28. The molecule has 1 aromatic carbocycles. The van der Waals surface area contributed by atoms with Crippen molar-refractivity contribution >= 4 is 16.3 Å². The van der Waals surface area contributed by atoms with Gasteiger partial charge in [-0.25, -0.2) is 0 Å². The maximum Gasteiger partial charge on any atom is 0.260 e. The summed E-state index contributed by atoms with van der Waals surface area (Å²) in [6, 6.07) is 11.5. The minimum Gasteiger partial charge on any atom is -0.493 e. The molecule has 0 atom stereocenters. The molecule has 0 bridgehead atoms. The second-order valence-corrected chi connectivity index (χ2v) is 5.07. The fraction of sp³-hybridized carbons (Fsp3) is 0.143. The van der Waals surface area contributed by atoms with Gasteiger partial charge in [-0.3, -0.25) is 0 Å². The lowest BCUT2D eigenvalue weighted by Gasteiger charge is -2.02. The predicted molar refractivity (Wildman–Crippen MR) is 77.7 cm³/mol. The third-order valence-corrected chi connectivity index (χ3v) is 3.48. The van der Waals surface area contributed by atoms with Gasteiger partial charge >= 0.3 is 0 Å². The molecule has 0 spiro atoms. The fourth-order valence-electron chi connectivity index (χ4n) is 1.74. The summed E-state index contributed by atoms with van der Waals surface area (Å²) in [5.74, 6) is 1.90. The summed E-state index contributed by atoms with van der Waals surface area (Å²) in [7, 11) is 0. The number of nitrogens with two attached hydrogens (primary N) is 1. The zero-order chi connectivity index (χ0) is 13.8. The van der Waals surface area contributed by atoms with E-state index in [-0.39, 0.29) is 0 Å². The molecule has 0 saturated heterocycles. The Morgan fingerprint density at radius 1 is 1.20 bits per heavy atom. The minimum atomic E-state index is 0.457. The van der Waals surface area contributed by atoms with E-state index in [2.05, 4.69) is 10.1 Å². The van der Waals surface area contributed by atoms with Crippen LogP contribution in [0.5, 0.6) is 5.75 Å². The van der Waals surface area contributed by atoms with Crippen molar-refractivity contribution in [3.8, 4) is 17.2 Å². The third kappa shape index (κ3) is 2.80. The quantitative estimate of drug-likeness (QED) is 0.780. The number of rotatable bonds is 5. The second kappa shape index (κ2) is 5.75. The van der Waals surface area contributed by atoms with Crippen molar-refractivity contribution in [1.29, 1.82) is 0 Å². The van der Waals surface area contributed by atoms with Gasteiger partial charge in [0.25, 0.3) is 5.89 Å². The SMILES string of the molecule is Nc1sccc1-c1nc(CCOc2ccccc2)no1. The van der Waals surface area contributed by atoms with E-state index < -0.39 is 0 Å². The summed E-state index contributed by atoms with van der Waals surface area (Å²) in [5, 5.41) is 6.50. The number of aromatic nitrogens is 2. The molecule has 3 rings (SSSR count). The van der Waals surface area contributed by atoms with Gasteiger partial charge in [-0.2, -0.15) is 4.98 Å². The first-order valence-corrected chi connectivity index (χ1v) is 7.04. The molecule has 0 saturated carbocycles. The lowest BCUT2D eigenvalue weighted by molar-refractivity contribution is 0.315. The Kier molecular flexibility index (Phi) is 3.64. The van der Waals surface area contributed by atoms with E-state index in [1.807, 2.05) is 41.8 Å². The summed E-state index contributed by atoms with van der Waals surface area (Å²) in [6.07, 6.45) is 0.586. The van der Waals surface area contributed by atoms with E-state index in [4.69, 9.17) is 15.0 Å². The van der Waals surface area contributed by atoms with Crippen molar-refractivity contribution in [1.82, 2.24) is 10.1 Å². The first kappa shape index (κ1) is 12.7. The van der Waals surface area contributed by atoms with E-state index in [0.717, 1.165) is 11.3 Å². The number of ether oxygens (including phenoxy) is 1. The number of anilines is 1. The van der Waals surface area contributed by atoms with E-state index >= 15 is 0 Å². The Morgan fingerprint density at radius 2 is 2.05 bits per heavy atom. The van der Waals surface area contributed by atoms with Gasteiger partial charge in [-0.1, -0.05) is 23.4 Å². The van der Waals surface area contributed by atoms with Crippen LogP contribution in [0.15, 0.2) is 46.3 Å². The summed E-state index contributed by atoms with van der Waals surface area (Å²) in [4.78, 5) is 4.31. The van der Waals surface area contributed by atoms with Crippen LogP contribution >= 0.6 is 11.3 Å². The minimum absolute atomic E-state index is 0.457. The summed E-state index contributed by atoms with van der Waals surface area (Å²) < 4.78 is 10.8. The standard InChI is InChI=1S/C14H13N3O2S/c15-13-11(7-9-20-13)14-16-12(17-19-14)6-8-18-10-4-2-1-3-5-10/h1-5,7,9H,6,8,15H2. The molecule has 6 heteroatoms. The van der Waals surface area contributed by atoms with Crippen LogP contribution in [-0.2, 0) is 6.42 Å². The highest BCUT2D eigenvalue weighted by Gasteiger charge is 2.12. The topological polar surface area (TPSA) is 74.2 Å². The Hall–Kier alpha value is -2.34. The van der Waals surface area contributed by atoms with Gasteiger partial charge in [0, 0.05) is 6.42 Å². The molecule has 3 aromatic rings. The summed E-state index contributed by atoms with van der Waals surface area (Å²) in [6.45, 7) is 0.502. The lowest BCUT2D eigenvalue weighted by Crippen LogP contribution is -2.02. The van der Waals surface area contributed by atoms with Crippen LogP contribution in [0.3, 0.4) is 0 Å². The lowest BCUT2D eigenvalue weighted by atomic mass is 10.3.